The molecule has 6 heteroatoms. The lowest BCUT2D eigenvalue weighted by Crippen LogP contribution is -2.22. The zero-order chi connectivity index (χ0) is 13.8. The second kappa shape index (κ2) is 5.62. The third-order valence-corrected chi connectivity index (χ3v) is 2.69. The van der Waals surface area contributed by atoms with Crippen LogP contribution in [-0.4, -0.2) is 46.2 Å². The van der Waals surface area contributed by atoms with Crippen LogP contribution in [0.25, 0.3) is 5.82 Å². The molecule has 0 aromatic carbocycles. The van der Waals surface area contributed by atoms with Crippen LogP contribution in [0, 0.1) is 0 Å². The summed E-state index contributed by atoms with van der Waals surface area (Å²) < 4.78 is 1.59. The average molecular weight is 259 g/mol. The summed E-state index contributed by atoms with van der Waals surface area (Å²) in [5, 5.41) is 4.22. The second-order valence-electron chi connectivity index (χ2n) is 4.41. The number of pyridine rings is 1. The Morgan fingerprint density at radius 2 is 2.16 bits per heavy atom. The molecule has 100 valence electrons. The first-order chi connectivity index (χ1) is 9.11. The Kier molecular flexibility index (Phi) is 3.91. The molecule has 1 amide bonds. The van der Waals surface area contributed by atoms with Gasteiger partial charge in [-0.1, -0.05) is 6.07 Å². The molecule has 6 nitrogen and oxygen atoms in total. The van der Waals surface area contributed by atoms with Crippen LogP contribution in [0.4, 0.5) is 0 Å². The minimum Gasteiger partial charge on any atom is -0.343 e. The smallest absolute Gasteiger partial charge is 0.273 e. The van der Waals surface area contributed by atoms with Crippen molar-refractivity contribution in [2.75, 3.05) is 20.6 Å². The summed E-state index contributed by atoms with van der Waals surface area (Å²) in [7, 11) is 3.39. The van der Waals surface area contributed by atoms with Gasteiger partial charge in [0, 0.05) is 26.5 Å². The van der Waals surface area contributed by atoms with Gasteiger partial charge in [-0.3, -0.25) is 4.79 Å². The van der Waals surface area contributed by atoms with Crippen molar-refractivity contribution >= 4 is 5.91 Å². The van der Waals surface area contributed by atoms with Crippen LogP contribution in [0.3, 0.4) is 0 Å². The fourth-order valence-electron chi connectivity index (χ4n) is 1.66. The highest BCUT2D eigenvalue weighted by molar-refractivity contribution is 5.91. The maximum Gasteiger partial charge on any atom is 0.273 e. The first-order valence-electron chi connectivity index (χ1n) is 6.04. The van der Waals surface area contributed by atoms with Gasteiger partial charge < -0.3 is 10.6 Å². The van der Waals surface area contributed by atoms with Crippen LogP contribution < -0.4 is 5.73 Å². The largest absolute Gasteiger partial charge is 0.343 e. The van der Waals surface area contributed by atoms with Crippen molar-refractivity contribution in [2.24, 2.45) is 5.73 Å². The Balaban J connectivity index is 2.20. The Hall–Kier alpha value is -2.21. The van der Waals surface area contributed by atoms with E-state index in [9.17, 15) is 4.79 Å². The molecule has 0 radical (unpaired) electrons. The molecule has 19 heavy (non-hydrogen) atoms. The quantitative estimate of drug-likeness (QED) is 0.866. The molecule has 0 fully saturated rings. The van der Waals surface area contributed by atoms with E-state index in [1.807, 2.05) is 12.1 Å². The maximum absolute atomic E-state index is 11.7. The lowest BCUT2D eigenvalue weighted by Gasteiger charge is -2.07. The van der Waals surface area contributed by atoms with Crippen LogP contribution in [0.5, 0.6) is 0 Å². The fourth-order valence-corrected chi connectivity index (χ4v) is 1.66. The third-order valence-electron chi connectivity index (χ3n) is 2.69. The molecule has 2 rings (SSSR count). The van der Waals surface area contributed by atoms with Crippen molar-refractivity contribution in [1.82, 2.24) is 19.7 Å². The SMILES string of the molecule is CN(C)C(=O)c1ccn(-c2ccc(CCN)cn2)n1. The normalized spacial score (nSPS) is 10.5. The first kappa shape index (κ1) is 13.2. The van der Waals surface area contributed by atoms with Crippen molar-refractivity contribution in [1.29, 1.82) is 0 Å². The molecule has 0 aliphatic heterocycles. The van der Waals surface area contributed by atoms with E-state index in [-0.39, 0.29) is 5.91 Å². The van der Waals surface area contributed by atoms with Crippen LogP contribution in [0.15, 0.2) is 30.6 Å². The van der Waals surface area contributed by atoms with E-state index < -0.39 is 0 Å². The van der Waals surface area contributed by atoms with Crippen LogP contribution in [-0.2, 0) is 6.42 Å². The number of nitrogens with zero attached hydrogens (tertiary/aromatic N) is 4. The highest BCUT2D eigenvalue weighted by Gasteiger charge is 2.12. The van der Waals surface area contributed by atoms with E-state index in [2.05, 4.69) is 10.1 Å². The Bertz CT molecular complexity index is 559. The molecule has 0 unspecified atom stereocenters. The van der Waals surface area contributed by atoms with Crippen molar-refractivity contribution in [3.05, 3.63) is 41.9 Å². The zero-order valence-corrected chi connectivity index (χ0v) is 11.1. The number of carbonyl (C=O) groups is 1. The number of aromatic nitrogens is 3. The monoisotopic (exact) mass is 259 g/mol. The molecule has 0 spiro atoms. The van der Waals surface area contributed by atoms with Gasteiger partial charge in [0.1, 0.15) is 0 Å². The van der Waals surface area contributed by atoms with Gasteiger partial charge in [0.05, 0.1) is 0 Å². The highest BCUT2D eigenvalue weighted by atomic mass is 16.2. The van der Waals surface area contributed by atoms with Gasteiger partial charge in [-0.05, 0) is 30.7 Å². The molecule has 0 bridgehead atoms. The minimum atomic E-state index is -0.126. The van der Waals surface area contributed by atoms with Gasteiger partial charge in [0.2, 0.25) is 0 Å². The van der Waals surface area contributed by atoms with E-state index in [0.717, 1.165) is 12.0 Å². The van der Waals surface area contributed by atoms with Crippen molar-refractivity contribution in [3.63, 3.8) is 0 Å². The average Bonchev–Trinajstić information content (AvgIpc) is 2.88. The summed E-state index contributed by atoms with van der Waals surface area (Å²) in [6, 6.07) is 5.50. The van der Waals surface area contributed by atoms with E-state index >= 15 is 0 Å². The van der Waals surface area contributed by atoms with Gasteiger partial charge in [0.15, 0.2) is 11.5 Å². The Labute approximate surface area is 111 Å². The van der Waals surface area contributed by atoms with Crippen LogP contribution >= 0.6 is 0 Å². The molecule has 0 saturated carbocycles. The predicted molar refractivity (Wildman–Crippen MR) is 72.1 cm³/mol. The van der Waals surface area contributed by atoms with Gasteiger partial charge in [0.25, 0.3) is 5.91 Å². The summed E-state index contributed by atoms with van der Waals surface area (Å²) in [6.45, 7) is 0.601. The highest BCUT2D eigenvalue weighted by Crippen LogP contribution is 2.07. The first-order valence-corrected chi connectivity index (χ1v) is 6.04. The molecule has 2 aromatic heterocycles. The molecule has 0 saturated heterocycles. The third kappa shape index (κ3) is 2.97. The van der Waals surface area contributed by atoms with Crippen LogP contribution in [0.1, 0.15) is 16.1 Å². The van der Waals surface area contributed by atoms with Gasteiger partial charge in [-0.25, -0.2) is 9.67 Å². The van der Waals surface area contributed by atoms with Crippen molar-refractivity contribution in [3.8, 4) is 5.82 Å². The number of hydrogen-bond donors (Lipinski definition) is 1. The molecule has 2 N–H and O–H groups in total. The Morgan fingerprint density at radius 1 is 1.37 bits per heavy atom. The van der Waals surface area contributed by atoms with Gasteiger partial charge in [-0.15, -0.1) is 0 Å². The molecule has 0 aliphatic carbocycles. The summed E-state index contributed by atoms with van der Waals surface area (Å²) in [6.07, 6.45) is 4.30. The standard InChI is InChI=1S/C13H17N5O/c1-17(2)13(19)11-6-8-18(16-11)12-4-3-10(5-7-14)9-15-12/h3-4,6,8-9H,5,7,14H2,1-2H3. The number of hydrogen-bond acceptors (Lipinski definition) is 4. The minimum absolute atomic E-state index is 0.126. The number of nitrogens with two attached hydrogens (primary N) is 1. The molecule has 2 aromatic rings. The predicted octanol–water partition coefficient (Wildman–Crippen LogP) is 0.470. The Morgan fingerprint density at radius 3 is 2.74 bits per heavy atom. The molecule has 0 atom stereocenters. The molecular weight excluding hydrogens is 242 g/mol. The number of carbonyl (C=O) groups excluding carboxylic acids is 1. The van der Waals surface area contributed by atoms with E-state index in [1.165, 1.54) is 4.90 Å². The number of amides is 1. The summed E-state index contributed by atoms with van der Waals surface area (Å²) in [5.41, 5.74) is 6.97. The second-order valence-corrected chi connectivity index (χ2v) is 4.41. The fraction of sp³-hybridized carbons (Fsp3) is 0.308. The van der Waals surface area contributed by atoms with Gasteiger partial charge >= 0.3 is 0 Å². The van der Waals surface area contributed by atoms with E-state index in [4.69, 9.17) is 5.73 Å². The molecular formula is C13H17N5O. The molecule has 0 aliphatic rings. The van der Waals surface area contributed by atoms with Crippen LogP contribution in [0.2, 0.25) is 0 Å². The lowest BCUT2D eigenvalue weighted by molar-refractivity contribution is 0.0821. The van der Waals surface area contributed by atoms with Gasteiger partial charge in [-0.2, -0.15) is 5.10 Å². The lowest BCUT2D eigenvalue weighted by atomic mass is 10.2. The maximum atomic E-state index is 11.7. The topological polar surface area (TPSA) is 77.0 Å². The van der Waals surface area contributed by atoms with E-state index in [1.54, 1.807) is 37.2 Å². The zero-order valence-electron chi connectivity index (χ0n) is 11.1. The summed E-state index contributed by atoms with van der Waals surface area (Å²) in [5.74, 6) is 0.553. The molecule has 2 heterocycles. The van der Waals surface area contributed by atoms with Crippen molar-refractivity contribution in [2.45, 2.75) is 6.42 Å². The summed E-state index contributed by atoms with van der Waals surface area (Å²) >= 11 is 0. The summed E-state index contributed by atoms with van der Waals surface area (Å²) in [4.78, 5) is 17.5. The van der Waals surface area contributed by atoms with Crippen molar-refractivity contribution < 1.29 is 4.79 Å². The van der Waals surface area contributed by atoms with E-state index in [0.29, 0.717) is 18.1 Å². The number of rotatable bonds is 4.